The lowest BCUT2D eigenvalue weighted by Gasteiger charge is -1.94. The van der Waals surface area contributed by atoms with Gasteiger partial charge in [-0.05, 0) is 6.92 Å². The van der Waals surface area contributed by atoms with Crippen LogP contribution in [0.15, 0.2) is 5.38 Å². The van der Waals surface area contributed by atoms with Gasteiger partial charge in [0.05, 0.1) is 0 Å². The van der Waals surface area contributed by atoms with Gasteiger partial charge >= 0.3 is 0 Å². The molecule has 1 amide bonds. The van der Waals surface area contributed by atoms with E-state index in [1.165, 1.54) is 16.7 Å². The molecule has 5 heteroatoms. The molecule has 1 atom stereocenters. The zero-order valence-electron chi connectivity index (χ0n) is 5.94. The van der Waals surface area contributed by atoms with Crippen LogP contribution < -0.4 is 5.73 Å². The van der Waals surface area contributed by atoms with Crippen LogP contribution >= 0.6 is 11.3 Å². The van der Waals surface area contributed by atoms with Gasteiger partial charge in [0, 0.05) is 5.38 Å². The maximum Gasteiger partial charge on any atom is 0.268 e. The first-order chi connectivity index (χ1) is 5.11. The molecule has 0 bridgehead atoms. The highest BCUT2D eigenvalue weighted by Crippen LogP contribution is 2.16. The Bertz CT molecular complexity index is 269. The van der Waals surface area contributed by atoms with Crippen molar-refractivity contribution in [2.24, 2.45) is 5.73 Å². The van der Waals surface area contributed by atoms with Crippen LogP contribution in [-0.4, -0.2) is 16.0 Å². The van der Waals surface area contributed by atoms with Crippen LogP contribution in [0.5, 0.6) is 0 Å². The van der Waals surface area contributed by atoms with Crippen molar-refractivity contribution in [3.63, 3.8) is 0 Å². The van der Waals surface area contributed by atoms with Crippen molar-refractivity contribution in [3.8, 4) is 0 Å². The highest BCUT2D eigenvalue weighted by molar-refractivity contribution is 7.09. The highest BCUT2D eigenvalue weighted by atomic mass is 32.1. The first kappa shape index (κ1) is 8.16. The first-order valence-electron chi connectivity index (χ1n) is 3.04. The van der Waals surface area contributed by atoms with Crippen molar-refractivity contribution in [1.29, 1.82) is 0 Å². The standard InChI is InChI=1S/C6H8N2O2S/c1-3(9)6-8-4(2-11-6)5(7)10/h2-3,9H,1H3,(H2,7,10)/t3-/m0/s1. The molecular weight excluding hydrogens is 164 g/mol. The lowest BCUT2D eigenvalue weighted by Crippen LogP contribution is -2.11. The van der Waals surface area contributed by atoms with E-state index in [1.54, 1.807) is 6.92 Å². The predicted molar refractivity (Wildman–Crippen MR) is 41.3 cm³/mol. The normalized spacial score (nSPS) is 12.9. The SMILES string of the molecule is C[C@H](O)c1nc(C(N)=O)cs1. The Morgan fingerprint density at radius 3 is 2.82 bits per heavy atom. The highest BCUT2D eigenvalue weighted by Gasteiger charge is 2.09. The van der Waals surface area contributed by atoms with Crippen molar-refractivity contribution in [3.05, 3.63) is 16.1 Å². The zero-order valence-corrected chi connectivity index (χ0v) is 6.76. The summed E-state index contributed by atoms with van der Waals surface area (Å²) in [5.74, 6) is -0.562. The van der Waals surface area contributed by atoms with Gasteiger partial charge in [-0.25, -0.2) is 4.98 Å². The van der Waals surface area contributed by atoms with Crippen molar-refractivity contribution in [2.45, 2.75) is 13.0 Å². The van der Waals surface area contributed by atoms with Crippen LogP contribution in [0.2, 0.25) is 0 Å². The van der Waals surface area contributed by atoms with E-state index in [2.05, 4.69) is 4.98 Å². The number of nitrogens with zero attached hydrogens (tertiary/aromatic N) is 1. The zero-order chi connectivity index (χ0) is 8.43. The molecule has 0 unspecified atom stereocenters. The molecule has 1 heterocycles. The maximum absolute atomic E-state index is 10.5. The summed E-state index contributed by atoms with van der Waals surface area (Å²) in [4.78, 5) is 14.3. The number of amides is 1. The molecule has 1 aromatic heterocycles. The molecule has 0 saturated heterocycles. The van der Waals surface area contributed by atoms with Crippen LogP contribution in [0.25, 0.3) is 0 Å². The summed E-state index contributed by atoms with van der Waals surface area (Å²) < 4.78 is 0. The van der Waals surface area contributed by atoms with Crippen LogP contribution in [0.1, 0.15) is 28.5 Å². The second kappa shape index (κ2) is 2.98. The number of aliphatic hydroxyl groups excluding tert-OH is 1. The molecule has 4 nitrogen and oxygen atoms in total. The molecule has 0 saturated carbocycles. The molecule has 1 rings (SSSR count). The Morgan fingerprint density at radius 2 is 2.55 bits per heavy atom. The van der Waals surface area contributed by atoms with E-state index in [-0.39, 0.29) is 5.69 Å². The summed E-state index contributed by atoms with van der Waals surface area (Å²) in [7, 11) is 0. The third-order valence-corrected chi connectivity index (χ3v) is 2.15. The molecule has 11 heavy (non-hydrogen) atoms. The van der Waals surface area contributed by atoms with E-state index in [0.29, 0.717) is 5.01 Å². The number of thiazole rings is 1. The molecule has 0 spiro atoms. The van der Waals surface area contributed by atoms with Crippen molar-refractivity contribution in [1.82, 2.24) is 4.98 Å². The van der Waals surface area contributed by atoms with Crippen molar-refractivity contribution < 1.29 is 9.90 Å². The first-order valence-corrected chi connectivity index (χ1v) is 3.92. The number of hydrogen-bond donors (Lipinski definition) is 2. The summed E-state index contributed by atoms with van der Waals surface area (Å²) in [6, 6.07) is 0. The van der Waals surface area contributed by atoms with E-state index in [4.69, 9.17) is 10.8 Å². The monoisotopic (exact) mass is 172 g/mol. The molecule has 3 N–H and O–H groups in total. The lowest BCUT2D eigenvalue weighted by atomic mass is 10.4. The third kappa shape index (κ3) is 1.75. The topological polar surface area (TPSA) is 76.2 Å². The van der Waals surface area contributed by atoms with Gasteiger partial charge in [0.2, 0.25) is 0 Å². The number of primary amides is 1. The lowest BCUT2D eigenvalue weighted by molar-refractivity contribution is 0.0995. The summed E-state index contributed by atoms with van der Waals surface area (Å²) in [5, 5.41) is 11.1. The molecule has 0 aliphatic heterocycles. The summed E-state index contributed by atoms with van der Waals surface area (Å²) >= 11 is 1.22. The van der Waals surface area contributed by atoms with Gasteiger partial charge in [-0.15, -0.1) is 11.3 Å². The Labute approximate surface area is 67.7 Å². The fourth-order valence-electron chi connectivity index (χ4n) is 0.593. The van der Waals surface area contributed by atoms with Gasteiger partial charge in [-0.3, -0.25) is 4.79 Å². The largest absolute Gasteiger partial charge is 0.386 e. The molecule has 1 aromatic rings. The Morgan fingerprint density at radius 1 is 1.91 bits per heavy atom. The minimum Gasteiger partial charge on any atom is -0.386 e. The van der Waals surface area contributed by atoms with Gasteiger partial charge < -0.3 is 10.8 Å². The number of nitrogens with two attached hydrogens (primary N) is 1. The maximum atomic E-state index is 10.5. The number of carbonyl (C=O) groups excluding carboxylic acids is 1. The van der Waals surface area contributed by atoms with Gasteiger partial charge in [-0.2, -0.15) is 0 Å². The van der Waals surface area contributed by atoms with E-state index < -0.39 is 12.0 Å². The second-order valence-corrected chi connectivity index (χ2v) is 3.00. The van der Waals surface area contributed by atoms with Gasteiger partial charge in [0.1, 0.15) is 16.8 Å². The summed E-state index contributed by atoms with van der Waals surface area (Å²) in [5.41, 5.74) is 5.16. The second-order valence-electron chi connectivity index (χ2n) is 2.11. The number of rotatable bonds is 2. The molecule has 0 aromatic carbocycles. The van der Waals surface area contributed by atoms with E-state index in [9.17, 15) is 4.79 Å². The van der Waals surface area contributed by atoms with E-state index in [1.807, 2.05) is 0 Å². The van der Waals surface area contributed by atoms with Crippen LogP contribution in [0.4, 0.5) is 0 Å². The smallest absolute Gasteiger partial charge is 0.268 e. The third-order valence-electron chi connectivity index (χ3n) is 1.13. The molecule has 0 fully saturated rings. The Kier molecular flexibility index (Phi) is 2.21. The van der Waals surface area contributed by atoms with Crippen LogP contribution in [0.3, 0.4) is 0 Å². The fourth-order valence-corrected chi connectivity index (χ4v) is 1.34. The number of aliphatic hydroxyl groups is 1. The molecule has 60 valence electrons. The molecule has 0 radical (unpaired) electrons. The molecule has 0 aliphatic rings. The van der Waals surface area contributed by atoms with Crippen molar-refractivity contribution in [2.75, 3.05) is 0 Å². The minimum absolute atomic E-state index is 0.214. The van der Waals surface area contributed by atoms with Gasteiger partial charge in [-0.1, -0.05) is 0 Å². The molecular formula is C6H8N2O2S. The average molecular weight is 172 g/mol. The minimum atomic E-state index is -0.631. The van der Waals surface area contributed by atoms with E-state index >= 15 is 0 Å². The average Bonchev–Trinajstić information content (AvgIpc) is 2.33. The van der Waals surface area contributed by atoms with Crippen LogP contribution in [0, 0.1) is 0 Å². The predicted octanol–water partition coefficient (Wildman–Crippen LogP) is 0.295. The summed E-state index contributed by atoms with van der Waals surface area (Å²) in [6.45, 7) is 1.59. The Balaban J connectivity index is 2.90. The number of hydrogen-bond acceptors (Lipinski definition) is 4. The number of carbonyl (C=O) groups is 1. The quantitative estimate of drug-likeness (QED) is 0.673. The van der Waals surface area contributed by atoms with E-state index in [0.717, 1.165) is 0 Å². The van der Waals surface area contributed by atoms with Crippen molar-refractivity contribution >= 4 is 17.2 Å². The number of aromatic nitrogens is 1. The van der Waals surface area contributed by atoms with Gasteiger partial charge in [0.15, 0.2) is 0 Å². The Hall–Kier alpha value is -0.940. The fraction of sp³-hybridized carbons (Fsp3) is 0.333. The molecule has 0 aliphatic carbocycles. The summed E-state index contributed by atoms with van der Waals surface area (Å²) in [6.07, 6.45) is -0.631. The van der Waals surface area contributed by atoms with Crippen LogP contribution in [-0.2, 0) is 0 Å². The van der Waals surface area contributed by atoms with Gasteiger partial charge in [0.25, 0.3) is 5.91 Å².